The zero-order valence-corrected chi connectivity index (χ0v) is 9.87. The van der Waals surface area contributed by atoms with Gasteiger partial charge in [0.15, 0.2) is 0 Å². The quantitative estimate of drug-likeness (QED) is 0.606. The van der Waals surface area contributed by atoms with Crippen molar-refractivity contribution in [3.05, 3.63) is 41.0 Å². The van der Waals surface area contributed by atoms with Crippen LogP contribution in [0, 0.1) is 29.6 Å². The highest BCUT2D eigenvalue weighted by Crippen LogP contribution is 2.21. The van der Waals surface area contributed by atoms with E-state index in [-0.39, 0.29) is 5.57 Å². The summed E-state index contributed by atoms with van der Waals surface area (Å²) in [5.74, 6) is 0. The van der Waals surface area contributed by atoms with Crippen molar-refractivity contribution in [2.45, 2.75) is 6.92 Å². The van der Waals surface area contributed by atoms with E-state index in [2.05, 4.69) is 15.9 Å². The van der Waals surface area contributed by atoms with Crippen LogP contribution in [-0.4, -0.2) is 5.33 Å². The highest BCUT2D eigenvalue weighted by Gasteiger charge is 2.07. The van der Waals surface area contributed by atoms with Crippen LogP contribution in [0.5, 0.6) is 0 Å². The van der Waals surface area contributed by atoms with Crippen LogP contribution in [0.2, 0.25) is 0 Å². The van der Waals surface area contributed by atoms with Crippen LogP contribution in [0.25, 0.3) is 5.57 Å². The monoisotopic (exact) mass is 260 g/mol. The van der Waals surface area contributed by atoms with Crippen LogP contribution in [0.4, 0.5) is 0 Å². The fourth-order valence-electron chi connectivity index (χ4n) is 1.20. The van der Waals surface area contributed by atoms with E-state index in [1.165, 1.54) is 0 Å². The molecule has 0 spiro atoms. The predicted molar refractivity (Wildman–Crippen MR) is 63.1 cm³/mol. The summed E-state index contributed by atoms with van der Waals surface area (Å²) in [5.41, 5.74) is 2.97. The number of benzene rings is 1. The van der Waals surface area contributed by atoms with Crippen molar-refractivity contribution in [3.63, 3.8) is 0 Å². The van der Waals surface area contributed by atoms with Gasteiger partial charge in [0.1, 0.15) is 17.7 Å². The molecule has 2 nitrogen and oxygen atoms in total. The van der Waals surface area contributed by atoms with Crippen LogP contribution in [0.15, 0.2) is 29.8 Å². The Morgan fingerprint density at radius 2 is 1.73 bits per heavy atom. The lowest BCUT2D eigenvalue weighted by Gasteiger charge is -2.04. The Bertz CT molecular complexity index is 442. The molecule has 0 aromatic heterocycles. The molecule has 0 heterocycles. The number of nitrogens with zero attached hydrogens (tertiary/aromatic N) is 2. The lowest BCUT2D eigenvalue weighted by molar-refractivity contribution is 1.42. The second-order valence-electron chi connectivity index (χ2n) is 3.08. The van der Waals surface area contributed by atoms with Gasteiger partial charge in [0.05, 0.1) is 0 Å². The average Bonchev–Trinajstić information content (AvgIpc) is 2.27. The summed E-state index contributed by atoms with van der Waals surface area (Å²) in [6.45, 7) is 2.00. The summed E-state index contributed by atoms with van der Waals surface area (Å²) < 4.78 is 0. The van der Waals surface area contributed by atoms with Crippen molar-refractivity contribution in [1.29, 1.82) is 10.5 Å². The standard InChI is InChI=1S/C12H9BrN2/c1-9-2-4-10(5-3-9)12(6-13)11(7-14)8-15/h2-5H,6H2,1H3. The molecule has 1 aromatic rings. The van der Waals surface area contributed by atoms with Crippen molar-refractivity contribution in [2.75, 3.05) is 5.33 Å². The molecule has 0 aliphatic carbocycles. The SMILES string of the molecule is Cc1ccc(C(CBr)=C(C#N)C#N)cc1. The van der Waals surface area contributed by atoms with E-state index in [0.717, 1.165) is 16.7 Å². The minimum atomic E-state index is 0.163. The average molecular weight is 261 g/mol. The maximum atomic E-state index is 8.79. The molecule has 0 amide bonds. The van der Waals surface area contributed by atoms with E-state index in [4.69, 9.17) is 10.5 Å². The van der Waals surface area contributed by atoms with Crippen molar-refractivity contribution >= 4 is 21.5 Å². The van der Waals surface area contributed by atoms with Gasteiger partial charge in [-0.3, -0.25) is 0 Å². The lowest BCUT2D eigenvalue weighted by atomic mass is 10.0. The first-order chi connectivity index (χ1) is 7.22. The fraction of sp³-hybridized carbons (Fsp3) is 0.167. The van der Waals surface area contributed by atoms with E-state index in [1.807, 2.05) is 43.3 Å². The van der Waals surface area contributed by atoms with Gasteiger partial charge in [0.2, 0.25) is 0 Å². The molecule has 74 valence electrons. The first kappa shape index (κ1) is 11.5. The van der Waals surface area contributed by atoms with Gasteiger partial charge in [0, 0.05) is 5.33 Å². The van der Waals surface area contributed by atoms with E-state index < -0.39 is 0 Å². The third kappa shape index (κ3) is 2.68. The molecule has 0 radical (unpaired) electrons. The number of alkyl halides is 1. The van der Waals surface area contributed by atoms with Crippen molar-refractivity contribution < 1.29 is 0 Å². The van der Waals surface area contributed by atoms with Gasteiger partial charge in [-0.2, -0.15) is 10.5 Å². The first-order valence-corrected chi connectivity index (χ1v) is 5.51. The molecule has 0 saturated carbocycles. The van der Waals surface area contributed by atoms with Gasteiger partial charge in [-0.05, 0) is 18.1 Å². The number of hydrogen-bond acceptors (Lipinski definition) is 2. The summed E-state index contributed by atoms with van der Waals surface area (Å²) in [5, 5.41) is 18.1. The Labute approximate surface area is 97.6 Å². The molecule has 0 saturated heterocycles. The molecule has 3 heteroatoms. The van der Waals surface area contributed by atoms with Crippen molar-refractivity contribution in [3.8, 4) is 12.1 Å². The highest BCUT2D eigenvalue weighted by atomic mass is 79.9. The molecule has 1 aromatic carbocycles. The minimum Gasteiger partial charge on any atom is -0.192 e. The van der Waals surface area contributed by atoms with Crippen LogP contribution < -0.4 is 0 Å². The molecule has 0 N–H and O–H groups in total. The smallest absolute Gasteiger partial charge is 0.134 e. The summed E-state index contributed by atoms with van der Waals surface area (Å²) >= 11 is 3.29. The zero-order chi connectivity index (χ0) is 11.3. The Morgan fingerprint density at radius 3 is 2.13 bits per heavy atom. The molecule has 0 bridgehead atoms. The largest absolute Gasteiger partial charge is 0.192 e. The van der Waals surface area contributed by atoms with Crippen molar-refractivity contribution in [2.24, 2.45) is 0 Å². The summed E-state index contributed by atoms with van der Waals surface area (Å²) in [6.07, 6.45) is 0. The fourth-order valence-corrected chi connectivity index (χ4v) is 1.81. The van der Waals surface area contributed by atoms with Gasteiger partial charge >= 0.3 is 0 Å². The minimum absolute atomic E-state index is 0.163. The van der Waals surface area contributed by atoms with E-state index in [0.29, 0.717) is 5.33 Å². The van der Waals surface area contributed by atoms with E-state index >= 15 is 0 Å². The van der Waals surface area contributed by atoms with Gasteiger partial charge < -0.3 is 0 Å². The predicted octanol–water partition coefficient (Wildman–Crippen LogP) is 3.19. The van der Waals surface area contributed by atoms with Gasteiger partial charge in [0.25, 0.3) is 0 Å². The molecule has 0 aliphatic rings. The number of aryl methyl sites for hydroxylation is 1. The molecule has 15 heavy (non-hydrogen) atoms. The second kappa shape index (κ2) is 5.34. The Kier molecular flexibility index (Phi) is 4.09. The third-order valence-electron chi connectivity index (χ3n) is 2.06. The lowest BCUT2D eigenvalue weighted by Crippen LogP contribution is -1.90. The summed E-state index contributed by atoms with van der Waals surface area (Å²) in [7, 11) is 0. The molecular formula is C12H9BrN2. The number of allylic oxidation sites excluding steroid dienone is 2. The number of rotatable bonds is 2. The zero-order valence-electron chi connectivity index (χ0n) is 8.29. The van der Waals surface area contributed by atoms with E-state index in [9.17, 15) is 0 Å². The third-order valence-corrected chi connectivity index (χ3v) is 2.62. The van der Waals surface area contributed by atoms with Crippen LogP contribution in [-0.2, 0) is 0 Å². The molecular weight excluding hydrogens is 252 g/mol. The Morgan fingerprint density at radius 1 is 1.20 bits per heavy atom. The molecule has 1 rings (SSSR count). The van der Waals surface area contributed by atoms with Gasteiger partial charge in [-0.25, -0.2) is 0 Å². The summed E-state index contributed by atoms with van der Waals surface area (Å²) in [4.78, 5) is 0. The second-order valence-corrected chi connectivity index (χ2v) is 3.64. The number of hydrogen-bond donors (Lipinski definition) is 0. The number of nitriles is 2. The van der Waals surface area contributed by atoms with E-state index in [1.54, 1.807) is 0 Å². The first-order valence-electron chi connectivity index (χ1n) is 4.39. The van der Waals surface area contributed by atoms with Gasteiger partial charge in [-0.15, -0.1) is 0 Å². The normalized spacial score (nSPS) is 8.80. The number of halogens is 1. The molecule has 0 aliphatic heterocycles. The van der Waals surface area contributed by atoms with Crippen LogP contribution in [0.3, 0.4) is 0 Å². The topological polar surface area (TPSA) is 47.6 Å². The van der Waals surface area contributed by atoms with Crippen LogP contribution in [0.1, 0.15) is 11.1 Å². The highest BCUT2D eigenvalue weighted by molar-refractivity contribution is 9.09. The Balaban J connectivity index is 3.27. The van der Waals surface area contributed by atoms with Crippen LogP contribution >= 0.6 is 15.9 Å². The maximum absolute atomic E-state index is 8.79. The van der Waals surface area contributed by atoms with Gasteiger partial charge in [-0.1, -0.05) is 45.8 Å². The molecule has 0 fully saturated rings. The summed E-state index contributed by atoms with van der Waals surface area (Å²) in [6, 6.07) is 11.6. The molecule has 0 atom stereocenters. The molecule has 0 unspecified atom stereocenters. The van der Waals surface area contributed by atoms with Crippen molar-refractivity contribution in [1.82, 2.24) is 0 Å². The Hall–Kier alpha value is -1.58. The maximum Gasteiger partial charge on any atom is 0.134 e.